The lowest BCUT2D eigenvalue weighted by Gasteiger charge is -2.29. The summed E-state index contributed by atoms with van der Waals surface area (Å²) in [5.74, 6) is 1.48. The van der Waals surface area contributed by atoms with E-state index in [-0.39, 0.29) is 17.4 Å². The van der Waals surface area contributed by atoms with Crippen LogP contribution < -0.4 is 24.8 Å². The zero-order valence-corrected chi connectivity index (χ0v) is 18.0. The minimum atomic E-state index is -0.611. The Balaban J connectivity index is 1.78. The summed E-state index contributed by atoms with van der Waals surface area (Å²) >= 11 is 0. The number of hydrogen-bond acceptors (Lipinski definition) is 8. The van der Waals surface area contributed by atoms with E-state index in [0.29, 0.717) is 40.0 Å². The number of fused-ring (bicyclic) bond motifs is 1. The van der Waals surface area contributed by atoms with E-state index < -0.39 is 6.04 Å². The first-order valence-electron chi connectivity index (χ1n) is 9.74. The number of benzene rings is 2. The summed E-state index contributed by atoms with van der Waals surface area (Å²) in [5, 5.41) is 20.4. The summed E-state index contributed by atoms with van der Waals surface area (Å²) in [6, 6.07) is 9.43. The lowest BCUT2D eigenvalue weighted by atomic mass is 9.94. The molecule has 166 valence electrons. The number of rotatable bonds is 6. The molecule has 1 amide bonds. The van der Waals surface area contributed by atoms with Crippen LogP contribution in [0, 0.1) is 0 Å². The Morgan fingerprint density at radius 3 is 2.59 bits per heavy atom. The fraction of sp³-hybridized carbons (Fsp3) is 0.227. The summed E-state index contributed by atoms with van der Waals surface area (Å²) in [5.41, 5.74) is 2.18. The van der Waals surface area contributed by atoms with Gasteiger partial charge in [0.1, 0.15) is 23.9 Å². The van der Waals surface area contributed by atoms with E-state index in [1.54, 1.807) is 49.0 Å². The maximum absolute atomic E-state index is 13.5. The van der Waals surface area contributed by atoms with Gasteiger partial charge in [0.05, 0.1) is 32.6 Å². The predicted molar refractivity (Wildman–Crippen MR) is 117 cm³/mol. The fourth-order valence-corrected chi connectivity index (χ4v) is 3.66. The number of aromatic hydroxyl groups is 1. The standard InChI is InChI=1S/C22H23N5O5/c1-12-19(21(29)26-15-10-14(30-2)6-8-17(15)31-3)20(27-22(25-12)23-11-24-27)13-5-7-16(28)18(9-13)32-4/h5-11,20,28H,1-4H3,(H,26,29)(H,23,24,25)/t20-/m0/s1. The quantitative estimate of drug-likeness (QED) is 0.539. The number of allylic oxidation sites excluding steroid dienone is 1. The summed E-state index contributed by atoms with van der Waals surface area (Å²) < 4.78 is 17.5. The average molecular weight is 437 g/mol. The third kappa shape index (κ3) is 3.66. The topological polar surface area (TPSA) is 120 Å². The number of carbonyl (C=O) groups is 1. The molecular formula is C22H23N5O5. The van der Waals surface area contributed by atoms with Crippen molar-refractivity contribution in [1.82, 2.24) is 14.8 Å². The van der Waals surface area contributed by atoms with Crippen molar-refractivity contribution in [2.24, 2.45) is 0 Å². The zero-order chi connectivity index (χ0) is 22.8. The van der Waals surface area contributed by atoms with Crippen molar-refractivity contribution in [2.45, 2.75) is 13.0 Å². The van der Waals surface area contributed by atoms with Gasteiger partial charge in [-0.3, -0.25) is 4.79 Å². The molecule has 32 heavy (non-hydrogen) atoms. The maximum Gasteiger partial charge on any atom is 0.255 e. The van der Waals surface area contributed by atoms with Gasteiger partial charge in [-0.15, -0.1) is 0 Å². The first-order chi connectivity index (χ1) is 15.5. The summed E-state index contributed by atoms with van der Waals surface area (Å²) in [4.78, 5) is 17.8. The van der Waals surface area contributed by atoms with Gasteiger partial charge in [0.2, 0.25) is 5.95 Å². The molecule has 1 aliphatic heterocycles. The van der Waals surface area contributed by atoms with Gasteiger partial charge in [0.25, 0.3) is 5.91 Å². The summed E-state index contributed by atoms with van der Waals surface area (Å²) in [6.07, 6.45) is 1.41. The van der Waals surface area contributed by atoms with Crippen LogP contribution in [0.15, 0.2) is 54.0 Å². The number of anilines is 2. The van der Waals surface area contributed by atoms with Crippen LogP contribution in [0.2, 0.25) is 0 Å². The lowest BCUT2D eigenvalue weighted by Crippen LogP contribution is -2.31. The van der Waals surface area contributed by atoms with E-state index in [1.165, 1.54) is 26.6 Å². The van der Waals surface area contributed by atoms with Crippen LogP contribution in [0.1, 0.15) is 18.5 Å². The third-order valence-corrected chi connectivity index (χ3v) is 5.21. The highest BCUT2D eigenvalue weighted by atomic mass is 16.5. The minimum absolute atomic E-state index is 0.00295. The predicted octanol–water partition coefficient (Wildman–Crippen LogP) is 2.94. The van der Waals surface area contributed by atoms with Crippen molar-refractivity contribution >= 4 is 17.5 Å². The fourth-order valence-electron chi connectivity index (χ4n) is 3.66. The number of aromatic nitrogens is 3. The summed E-state index contributed by atoms with van der Waals surface area (Å²) in [7, 11) is 4.54. The van der Waals surface area contributed by atoms with Gasteiger partial charge in [0.15, 0.2) is 11.5 Å². The molecule has 1 aromatic heterocycles. The number of nitrogens with zero attached hydrogens (tertiary/aromatic N) is 3. The normalized spacial score (nSPS) is 14.9. The van der Waals surface area contributed by atoms with Crippen LogP contribution in [-0.4, -0.2) is 47.1 Å². The molecule has 0 unspecified atom stereocenters. The molecule has 0 spiro atoms. The average Bonchev–Trinajstić information content (AvgIpc) is 3.26. The van der Waals surface area contributed by atoms with Crippen molar-refractivity contribution in [1.29, 1.82) is 0 Å². The van der Waals surface area contributed by atoms with E-state index >= 15 is 0 Å². The van der Waals surface area contributed by atoms with Gasteiger partial charge in [-0.25, -0.2) is 4.68 Å². The SMILES string of the molecule is COc1ccc(OC)c(NC(=O)C2=C(C)Nc3ncnn3[C@H]2c2ccc(O)c(OC)c2)c1. The molecule has 0 fully saturated rings. The number of phenolic OH excluding ortho intramolecular Hbond substituents is 1. The lowest BCUT2D eigenvalue weighted by molar-refractivity contribution is -0.113. The van der Waals surface area contributed by atoms with Gasteiger partial charge in [-0.1, -0.05) is 6.07 Å². The molecule has 1 aliphatic rings. The largest absolute Gasteiger partial charge is 0.504 e. The Bertz CT molecular complexity index is 1200. The zero-order valence-electron chi connectivity index (χ0n) is 18.0. The van der Waals surface area contributed by atoms with Crippen LogP contribution in [0.4, 0.5) is 11.6 Å². The van der Waals surface area contributed by atoms with Crippen molar-refractivity contribution < 1.29 is 24.1 Å². The number of methoxy groups -OCH3 is 3. The van der Waals surface area contributed by atoms with Crippen molar-refractivity contribution in [2.75, 3.05) is 32.0 Å². The van der Waals surface area contributed by atoms with Gasteiger partial charge in [-0.2, -0.15) is 10.1 Å². The minimum Gasteiger partial charge on any atom is -0.504 e. The van der Waals surface area contributed by atoms with Gasteiger partial charge in [0, 0.05) is 11.8 Å². The van der Waals surface area contributed by atoms with Crippen molar-refractivity contribution in [3.05, 3.63) is 59.6 Å². The molecule has 0 radical (unpaired) electrons. The number of nitrogens with one attached hydrogen (secondary N) is 2. The second-order valence-electron chi connectivity index (χ2n) is 7.05. The first kappa shape index (κ1) is 21.0. The van der Waals surface area contributed by atoms with Gasteiger partial charge < -0.3 is 30.0 Å². The Labute approximate surface area is 184 Å². The van der Waals surface area contributed by atoms with E-state index in [4.69, 9.17) is 14.2 Å². The van der Waals surface area contributed by atoms with Crippen molar-refractivity contribution in [3.8, 4) is 23.0 Å². The number of amides is 1. The van der Waals surface area contributed by atoms with E-state index in [1.807, 2.05) is 0 Å². The molecular weight excluding hydrogens is 414 g/mol. The highest BCUT2D eigenvalue weighted by molar-refractivity contribution is 6.06. The highest BCUT2D eigenvalue weighted by Gasteiger charge is 2.34. The van der Waals surface area contributed by atoms with Crippen LogP contribution in [-0.2, 0) is 4.79 Å². The van der Waals surface area contributed by atoms with Gasteiger partial charge in [-0.05, 0) is 36.8 Å². The number of hydrogen-bond donors (Lipinski definition) is 3. The third-order valence-electron chi connectivity index (χ3n) is 5.21. The smallest absolute Gasteiger partial charge is 0.255 e. The molecule has 2 heterocycles. The molecule has 3 aromatic rings. The van der Waals surface area contributed by atoms with Crippen LogP contribution >= 0.6 is 0 Å². The van der Waals surface area contributed by atoms with E-state index in [9.17, 15) is 9.90 Å². The molecule has 2 aromatic carbocycles. The van der Waals surface area contributed by atoms with Crippen molar-refractivity contribution in [3.63, 3.8) is 0 Å². The Morgan fingerprint density at radius 1 is 1.09 bits per heavy atom. The Morgan fingerprint density at radius 2 is 1.88 bits per heavy atom. The van der Waals surface area contributed by atoms with E-state index in [2.05, 4.69) is 20.7 Å². The second kappa shape index (κ2) is 8.50. The van der Waals surface area contributed by atoms with Crippen LogP contribution in [0.5, 0.6) is 23.0 Å². The molecule has 1 atom stereocenters. The number of phenols is 1. The maximum atomic E-state index is 13.5. The molecule has 0 saturated carbocycles. The first-order valence-corrected chi connectivity index (χ1v) is 9.74. The Kier molecular flexibility index (Phi) is 5.59. The number of carbonyl (C=O) groups excluding carboxylic acids is 1. The Hall–Kier alpha value is -4.21. The number of ether oxygens (including phenoxy) is 3. The molecule has 4 rings (SSSR count). The van der Waals surface area contributed by atoms with E-state index in [0.717, 1.165) is 0 Å². The monoisotopic (exact) mass is 437 g/mol. The molecule has 0 bridgehead atoms. The molecule has 10 heteroatoms. The molecule has 0 aliphatic carbocycles. The second-order valence-corrected chi connectivity index (χ2v) is 7.05. The van der Waals surface area contributed by atoms with Crippen LogP contribution in [0.25, 0.3) is 0 Å². The molecule has 0 saturated heterocycles. The molecule has 10 nitrogen and oxygen atoms in total. The van der Waals surface area contributed by atoms with Gasteiger partial charge >= 0.3 is 0 Å². The highest BCUT2D eigenvalue weighted by Crippen LogP contribution is 2.39. The summed E-state index contributed by atoms with van der Waals surface area (Å²) in [6.45, 7) is 1.79. The van der Waals surface area contributed by atoms with Crippen LogP contribution in [0.3, 0.4) is 0 Å². The molecule has 3 N–H and O–H groups in total.